The van der Waals surface area contributed by atoms with Crippen LogP contribution in [0.25, 0.3) is 0 Å². The van der Waals surface area contributed by atoms with Gasteiger partial charge in [-0.3, -0.25) is 4.79 Å². The average Bonchev–Trinajstić information content (AvgIpc) is 2.26. The molecular weight excluding hydrogens is 279 g/mol. The van der Waals surface area contributed by atoms with E-state index in [1.54, 1.807) is 0 Å². The van der Waals surface area contributed by atoms with E-state index in [1.807, 2.05) is 18.2 Å². The van der Waals surface area contributed by atoms with E-state index < -0.39 is 0 Å². The number of carbonyl (C=O) groups excluding carboxylic acids is 1. The fourth-order valence-electron chi connectivity index (χ4n) is 1.30. The number of methoxy groups -OCH3 is 1. The van der Waals surface area contributed by atoms with Crippen molar-refractivity contribution in [3.05, 3.63) is 33.8 Å². The summed E-state index contributed by atoms with van der Waals surface area (Å²) < 4.78 is 5.59. The minimum absolute atomic E-state index is 0.196. The molecule has 0 fully saturated rings. The molecule has 15 heavy (non-hydrogen) atoms. The molecule has 0 unspecified atom stereocenters. The molecule has 0 saturated carbocycles. The van der Waals surface area contributed by atoms with Gasteiger partial charge < -0.3 is 4.74 Å². The maximum atomic E-state index is 11.0. The molecule has 1 aromatic carbocycles. The molecular formula is C11H12BrClO2. The summed E-state index contributed by atoms with van der Waals surface area (Å²) in [7, 11) is 1.40. The van der Waals surface area contributed by atoms with Gasteiger partial charge in [-0.25, -0.2) is 0 Å². The normalized spacial score (nSPS) is 10.1. The Balaban J connectivity index is 2.72. The van der Waals surface area contributed by atoms with E-state index in [0.29, 0.717) is 18.7 Å². The summed E-state index contributed by atoms with van der Waals surface area (Å²) in [5.74, 6) is 0.258. The van der Waals surface area contributed by atoms with Crippen LogP contribution >= 0.6 is 27.5 Å². The van der Waals surface area contributed by atoms with Crippen LogP contribution in [0.2, 0.25) is 0 Å². The molecule has 0 amide bonds. The van der Waals surface area contributed by atoms with Gasteiger partial charge in [-0.2, -0.15) is 0 Å². The van der Waals surface area contributed by atoms with Gasteiger partial charge in [-0.1, -0.05) is 22.0 Å². The number of hydrogen-bond acceptors (Lipinski definition) is 2. The lowest BCUT2D eigenvalue weighted by Crippen LogP contribution is -2.03. The Kier molecular flexibility index (Phi) is 5.12. The van der Waals surface area contributed by atoms with Crippen molar-refractivity contribution in [1.29, 1.82) is 0 Å². The number of aryl methyl sites for hydroxylation is 1. The summed E-state index contributed by atoms with van der Waals surface area (Å²) in [6.07, 6.45) is 1.06. The van der Waals surface area contributed by atoms with Gasteiger partial charge >= 0.3 is 5.97 Å². The van der Waals surface area contributed by atoms with E-state index >= 15 is 0 Å². The van der Waals surface area contributed by atoms with Crippen LogP contribution in [0.15, 0.2) is 22.7 Å². The Bertz CT molecular complexity index is 352. The number of hydrogen-bond donors (Lipinski definition) is 0. The minimum Gasteiger partial charge on any atom is -0.469 e. The zero-order valence-corrected chi connectivity index (χ0v) is 10.8. The summed E-state index contributed by atoms with van der Waals surface area (Å²) in [6, 6.07) is 5.90. The number of alkyl halides is 1. The van der Waals surface area contributed by atoms with Gasteiger partial charge in [0.15, 0.2) is 0 Å². The summed E-state index contributed by atoms with van der Waals surface area (Å²) in [5, 5.41) is 0. The molecule has 2 nitrogen and oxygen atoms in total. The highest BCUT2D eigenvalue weighted by Gasteiger charge is 2.06. The number of halogens is 2. The first-order valence-electron chi connectivity index (χ1n) is 4.57. The summed E-state index contributed by atoms with van der Waals surface area (Å²) in [6.45, 7) is 0. The Labute approximate surface area is 103 Å². The minimum atomic E-state index is -0.196. The monoisotopic (exact) mass is 290 g/mol. The van der Waals surface area contributed by atoms with Crippen LogP contribution < -0.4 is 0 Å². The first-order chi connectivity index (χ1) is 7.17. The van der Waals surface area contributed by atoms with Crippen molar-refractivity contribution >= 4 is 33.5 Å². The first kappa shape index (κ1) is 12.5. The smallest absolute Gasteiger partial charge is 0.305 e. The largest absolute Gasteiger partial charge is 0.469 e. The average molecular weight is 292 g/mol. The first-order valence-corrected chi connectivity index (χ1v) is 5.90. The topological polar surface area (TPSA) is 26.3 Å². The molecule has 1 rings (SSSR count). The Morgan fingerprint density at radius 3 is 2.80 bits per heavy atom. The van der Waals surface area contributed by atoms with E-state index in [9.17, 15) is 4.79 Å². The Hall–Kier alpha value is -0.540. The molecule has 0 aliphatic carbocycles. The predicted octanol–water partition coefficient (Wildman–Crippen LogP) is 3.29. The highest BCUT2D eigenvalue weighted by atomic mass is 79.9. The van der Waals surface area contributed by atoms with Gasteiger partial charge in [0.2, 0.25) is 0 Å². The van der Waals surface area contributed by atoms with Gasteiger partial charge in [0, 0.05) is 16.8 Å². The van der Waals surface area contributed by atoms with Gasteiger partial charge in [-0.15, -0.1) is 11.6 Å². The molecule has 0 N–H and O–H groups in total. The van der Waals surface area contributed by atoms with Crippen molar-refractivity contribution in [2.45, 2.75) is 18.7 Å². The second kappa shape index (κ2) is 6.13. The van der Waals surface area contributed by atoms with Gasteiger partial charge in [0.05, 0.1) is 7.11 Å². The third kappa shape index (κ3) is 3.84. The fourth-order valence-corrected chi connectivity index (χ4v) is 1.96. The second-order valence-electron chi connectivity index (χ2n) is 3.12. The molecule has 4 heteroatoms. The molecule has 0 aliphatic heterocycles. The van der Waals surface area contributed by atoms with Crippen molar-refractivity contribution in [3.8, 4) is 0 Å². The van der Waals surface area contributed by atoms with Crippen LogP contribution in [0, 0.1) is 0 Å². The highest BCUT2D eigenvalue weighted by Crippen LogP contribution is 2.19. The molecule has 0 radical (unpaired) electrons. The second-order valence-corrected chi connectivity index (χ2v) is 4.31. The van der Waals surface area contributed by atoms with E-state index in [2.05, 4.69) is 20.7 Å². The van der Waals surface area contributed by atoms with Crippen LogP contribution in [-0.4, -0.2) is 13.1 Å². The van der Waals surface area contributed by atoms with Crippen LogP contribution in [0.4, 0.5) is 0 Å². The number of benzene rings is 1. The number of ether oxygens (including phenoxy) is 1. The van der Waals surface area contributed by atoms with Crippen LogP contribution in [0.1, 0.15) is 17.5 Å². The van der Waals surface area contributed by atoms with Crippen LogP contribution in [0.3, 0.4) is 0 Å². The van der Waals surface area contributed by atoms with Crippen molar-refractivity contribution in [1.82, 2.24) is 0 Å². The zero-order chi connectivity index (χ0) is 11.3. The van der Waals surface area contributed by atoms with Crippen LogP contribution in [-0.2, 0) is 21.8 Å². The third-order valence-corrected chi connectivity index (χ3v) is 2.92. The summed E-state index contributed by atoms with van der Waals surface area (Å²) in [4.78, 5) is 11.0. The lowest BCUT2D eigenvalue weighted by atomic mass is 10.0. The van der Waals surface area contributed by atoms with Crippen LogP contribution in [0.5, 0.6) is 0 Å². The number of esters is 1. The van der Waals surface area contributed by atoms with Gasteiger partial charge in [0.1, 0.15) is 0 Å². The molecule has 0 spiro atoms. The zero-order valence-electron chi connectivity index (χ0n) is 8.43. The van der Waals surface area contributed by atoms with Gasteiger partial charge in [-0.05, 0) is 29.7 Å². The van der Waals surface area contributed by atoms with Crippen molar-refractivity contribution < 1.29 is 9.53 Å². The third-order valence-electron chi connectivity index (χ3n) is 2.14. The number of carbonyl (C=O) groups is 1. The number of rotatable bonds is 4. The molecule has 0 saturated heterocycles. The fraction of sp³-hybridized carbons (Fsp3) is 0.364. The quantitative estimate of drug-likeness (QED) is 0.628. The SMILES string of the molecule is COC(=O)CCc1ccc(Br)cc1CCl. The van der Waals surface area contributed by atoms with Gasteiger partial charge in [0.25, 0.3) is 0 Å². The van der Waals surface area contributed by atoms with E-state index in [0.717, 1.165) is 15.6 Å². The molecule has 0 heterocycles. The molecule has 0 aliphatic rings. The summed E-state index contributed by atoms with van der Waals surface area (Å²) >= 11 is 9.20. The molecule has 0 bridgehead atoms. The van der Waals surface area contributed by atoms with E-state index in [-0.39, 0.29) is 5.97 Å². The maximum Gasteiger partial charge on any atom is 0.305 e. The maximum absolute atomic E-state index is 11.0. The van der Waals surface area contributed by atoms with E-state index in [4.69, 9.17) is 11.6 Å². The Morgan fingerprint density at radius 2 is 2.20 bits per heavy atom. The van der Waals surface area contributed by atoms with E-state index in [1.165, 1.54) is 7.11 Å². The Morgan fingerprint density at radius 1 is 1.47 bits per heavy atom. The highest BCUT2D eigenvalue weighted by molar-refractivity contribution is 9.10. The molecule has 0 atom stereocenters. The predicted molar refractivity (Wildman–Crippen MR) is 64.0 cm³/mol. The lowest BCUT2D eigenvalue weighted by molar-refractivity contribution is -0.140. The lowest BCUT2D eigenvalue weighted by Gasteiger charge is -2.06. The molecule has 82 valence electrons. The standard InChI is InChI=1S/C11H12BrClO2/c1-15-11(14)5-3-8-2-4-10(12)6-9(8)7-13/h2,4,6H,3,5,7H2,1H3. The van der Waals surface area contributed by atoms with Crippen molar-refractivity contribution in [2.75, 3.05) is 7.11 Å². The van der Waals surface area contributed by atoms with Crippen molar-refractivity contribution in [3.63, 3.8) is 0 Å². The van der Waals surface area contributed by atoms with Crippen molar-refractivity contribution in [2.24, 2.45) is 0 Å². The summed E-state index contributed by atoms with van der Waals surface area (Å²) in [5.41, 5.74) is 2.15. The molecule has 0 aromatic heterocycles. The molecule has 1 aromatic rings.